The summed E-state index contributed by atoms with van der Waals surface area (Å²) in [6.45, 7) is 6.49. The molecule has 0 saturated heterocycles. The molecule has 1 atom stereocenters. The molecule has 1 aliphatic rings. The van der Waals surface area contributed by atoms with Crippen molar-refractivity contribution in [3.05, 3.63) is 23.8 Å². The lowest BCUT2D eigenvalue weighted by atomic mass is 9.92. The van der Waals surface area contributed by atoms with Crippen molar-refractivity contribution in [3.8, 4) is 11.5 Å². The summed E-state index contributed by atoms with van der Waals surface area (Å²) in [5.41, 5.74) is 5.88. The molecule has 19 heavy (non-hydrogen) atoms. The van der Waals surface area contributed by atoms with Crippen molar-refractivity contribution in [1.82, 2.24) is 5.32 Å². The van der Waals surface area contributed by atoms with E-state index in [1.54, 1.807) is 0 Å². The van der Waals surface area contributed by atoms with Crippen LogP contribution in [-0.4, -0.2) is 19.2 Å². The zero-order valence-corrected chi connectivity index (χ0v) is 11.5. The second-order valence-electron chi connectivity index (χ2n) is 5.46. The Morgan fingerprint density at radius 3 is 2.79 bits per heavy atom. The minimum Gasteiger partial charge on any atom is -0.454 e. The third kappa shape index (κ3) is 2.98. The molecule has 1 aromatic carbocycles. The topological polar surface area (TPSA) is 73.6 Å². The van der Waals surface area contributed by atoms with Gasteiger partial charge in [0.1, 0.15) is 0 Å². The molecule has 5 nitrogen and oxygen atoms in total. The number of fused-ring (bicyclic) bond motifs is 1. The highest BCUT2D eigenvalue weighted by molar-refractivity contribution is 5.80. The van der Waals surface area contributed by atoms with Crippen molar-refractivity contribution in [3.63, 3.8) is 0 Å². The largest absolute Gasteiger partial charge is 0.454 e. The molecule has 1 amide bonds. The van der Waals surface area contributed by atoms with Gasteiger partial charge in [0.05, 0.1) is 5.41 Å². The Balaban J connectivity index is 2.00. The minimum atomic E-state index is -0.565. The number of carbonyl (C=O) groups excluding carboxylic acids is 1. The Morgan fingerprint density at radius 1 is 1.42 bits per heavy atom. The standard InChI is InChI=1S/C14H20N2O3/c1-9(16-7-14(2,3)13(15)17)10-4-5-11-12(6-10)19-8-18-11/h4-6,9,16H,7-8H2,1-3H3,(H2,15,17). The molecule has 0 aromatic heterocycles. The van der Waals surface area contributed by atoms with Crippen LogP contribution in [0.5, 0.6) is 11.5 Å². The summed E-state index contributed by atoms with van der Waals surface area (Å²) in [5, 5.41) is 3.31. The van der Waals surface area contributed by atoms with E-state index in [0.29, 0.717) is 6.54 Å². The Labute approximate surface area is 113 Å². The summed E-state index contributed by atoms with van der Waals surface area (Å²) < 4.78 is 10.6. The molecule has 2 rings (SSSR count). The van der Waals surface area contributed by atoms with Crippen LogP contribution in [0.1, 0.15) is 32.4 Å². The van der Waals surface area contributed by atoms with Crippen LogP contribution in [-0.2, 0) is 4.79 Å². The normalized spacial score (nSPS) is 15.3. The average molecular weight is 264 g/mol. The first-order chi connectivity index (χ1) is 8.90. The van der Waals surface area contributed by atoms with E-state index in [0.717, 1.165) is 17.1 Å². The second-order valence-corrected chi connectivity index (χ2v) is 5.46. The van der Waals surface area contributed by atoms with Crippen molar-refractivity contribution in [2.45, 2.75) is 26.8 Å². The van der Waals surface area contributed by atoms with Gasteiger partial charge in [-0.15, -0.1) is 0 Å². The molecular formula is C14H20N2O3. The number of rotatable bonds is 5. The maximum absolute atomic E-state index is 11.3. The van der Waals surface area contributed by atoms with Crippen LogP contribution in [0.25, 0.3) is 0 Å². The summed E-state index contributed by atoms with van der Waals surface area (Å²) in [5.74, 6) is 1.23. The highest BCUT2D eigenvalue weighted by Gasteiger charge is 2.25. The smallest absolute Gasteiger partial charge is 0.231 e. The predicted octanol–water partition coefficient (Wildman–Crippen LogP) is 1.58. The van der Waals surface area contributed by atoms with Crippen LogP contribution in [0.4, 0.5) is 0 Å². The van der Waals surface area contributed by atoms with Crippen LogP contribution >= 0.6 is 0 Å². The fraction of sp³-hybridized carbons (Fsp3) is 0.500. The van der Waals surface area contributed by atoms with Gasteiger partial charge >= 0.3 is 0 Å². The number of nitrogens with one attached hydrogen (secondary N) is 1. The van der Waals surface area contributed by atoms with Crippen molar-refractivity contribution in [2.75, 3.05) is 13.3 Å². The third-order valence-electron chi connectivity index (χ3n) is 3.41. The van der Waals surface area contributed by atoms with Crippen LogP contribution in [0.15, 0.2) is 18.2 Å². The zero-order valence-electron chi connectivity index (χ0n) is 11.5. The van der Waals surface area contributed by atoms with Crippen molar-refractivity contribution in [2.24, 2.45) is 11.1 Å². The lowest BCUT2D eigenvalue weighted by Gasteiger charge is -2.24. The predicted molar refractivity (Wildman–Crippen MR) is 72.0 cm³/mol. The van der Waals surface area contributed by atoms with E-state index >= 15 is 0 Å². The highest BCUT2D eigenvalue weighted by atomic mass is 16.7. The van der Waals surface area contributed by atoms with Gasteiger partial charge in [-0.05, 0) is 38.5 Å². The van der Waals surface area contributed by atoms with E-state index in [9.17, 15) is 4.79 Å². The van der Waals surface area contributed by atoms with E-state index in [1.165, 1.54) is 0 Å². The van der Waals surface area contributed by atoms with Crippen LogP contribution < -0.4 is 20.5 Å². The molecule has 1 aliphatic heterocycles. The molecule has 0 fully saturated rings. The summed E-state index contributed by atoms with van der Waals surface area (Å²) in [4.78, 5) is 11.3. The van der Waals surface area contributed by atoms with Gasteiger partial charge in [-0.3, -0.25) is 4.79 Å². The summed E-state index contributed by atoms with van der Waals surface area (Å²) in [7, 11) is 0. The molecule has 1 unspecified atom stereocenters. The minimum absolute atomic E-state index is 0.105. The lowest BCUT2D eigenvalue weighted by molar-refractivity contribution is -0.125. The van der Waals surface area contributed by atoms with E-state index < -0.39 is 5.41 Å². The number of amides is 1. The van der Waals surface area contributed by atoms with Gasteiger partial charge in [-0.2, -0.15) is 0 Å². The number of hydrogen-bond acceptors (Lipinski definition) is 4. The molecule has 3 N–H and O–H groups in total. The van der Waals surface area contributed by atoms with Gasteiger partial charge in [-0.25, -0.2) is 0 Å². The van der Waals surface area contributed by atoms with Gasteiger partial charge in [0.15, 0.2) is 11.5 Å². The molecule has 0 spiro atoms. The summed E-state index contributed by atoms with van der Waals surface area (Å²) in [6, 6.07) is 5.95. The summed E-state index contributed by atoms with van der Waals surface area (Å²) in [6.07, 6.45) is 0. The third-order valence-corrected chi connectivity index (χ3v) is 3.41. The van der Waals surface area contributed by atoms with Crippen molar-refractivity contribution < 1.29 is 14.3 Å². The number of ether oxygens (including phenoxy) is 2. The van der Waals surface area contributed by atoms with Crippen LogP contribution in [0, 0.1) is 5.41 Å². The second kappa shape index (κ2) is 5.09. The van der Waals surface area contributed by atoms with Crippen molar-refractivity contribution >= 4 is 5.91 Å². The number of benzene rings is 1. The van der Waals surface area contributed by atoms with Gasteiger partial charge in [0.2, 0.25) is 12.7 Å². The molecule has 0 aliphatic carbocycles. The fourth-order valence-electron chi connectivity index (χ4n) is 1.80. The molecule has 0 radical (unpaired) electrons. The highest BCUT2D eigenvalue weighted by Crippen LogP contribution is 2.34. The number of primary amides is 1. The van der Waals surface area contributed by atoms with Crippen LogP contribution in [0.2, 0.25) is 0 Å². The van der Waals surface area contributed by atoms with Crippen molar-refractivity contribution in [1.29, 1.82) is 0 Å². The van der Waals surface area contributed by atoms with E-state index in [-0.39, 0.29) is 18.7 Å². The van der Waals surface area contributed by atoms with Gasteiger partial charge in [0.25, 0.3) is 0 Å². The maximum Gasteiger partial charge on any atom is 0.231 e. The van der Waals surface area contributed by atoms with E-state index in [2.05, 4.69) is 5.32 Å². The lowest BCUT2D eigenvalue weighted by Crippen LogP contribution is -2.41. The monoisotopic (exact) mass is 264 g/mol. The van der Waals surface area contributed by atoms with Gasteiger partial charge < -0.3 is 20.5 Å². The Bertz CT molecular complexity index is 486. The average Bonchev–Trinajstić information content (AvgIpc) is 2.82. The maximum atomic E-state index is 11.3. The Hall–Kier alpha value is -1.75. The van der Waals surface area contributed by atoms with Gasteiger partial charge in [0, 0.05) is 12.6 Å². The first-order valence-corrected chi connectivity index (χ1v) is 6.33. The molecular weight excluding hydrogens is 244 g/mol. The zero-order chi connectivity index (χ0) is 14.0. The summed E-state index contributed by atoms with van der Waals surface area (Å²) >= 11 is 0. The molecule has 104 valence electrons. The van der Waals surface area contributed by atoms with Gasteiger partial charge in [-0.1, -0.05) is 6.07 Å². The molecule has 5 heteroatoms. The Morgan fingerprint density at radius 2 is 2.11 bits per heavy atom. The molecule has 1 aromatic rings. The van der Waals surface area contributed by atoms with E-state index in [4.69, 9.17) is 15.2 Å². The van der Waals surface area contributed by atoms with E-state index in [1.807, 2.05) is 39.0 Å². The molecule has 0 saturated carbocycles. The first kappa shape index (κ1) is 13.7. The number of carbonyl (C=O) groups is 1. The Kier molecular flexibility index (Phi) is 3.66. The fourth-order valence-corrected chi connectivity index (χ4v) is 1.80. The number of nitrogens with two attached hydrogens (primary N) is 1. The molecule has 0 bridgehead atoms. The molecule has 1 heterocycles. The van der Waals surface area contributed by atoms with Crippen LogP contribution in [0.3, 0.4) is 0 Å². The SMILES string of the molecule is CC(NCC(C)(C)C(N)=O)c1ccc2c(c1)OCO2. The number of hydrogen-bond donors (Lipinski definition) is 2. The quantitative estimate of drug-likeness (QED) is 0.846. The first-order valence-electron chi connectivity index (χ1n) is 6.33.